The molecule has 0 heterocycles. The highest BCUT2D eigenvalue weighted by Crippen LogP contribution is 2.17. The predicted octanol–water partition coefficient (Wildman–Crippen LogP) is 2.22. The molecule has 1 aromatic carbocycles. The van der Waals surface area contributed by atoms with Crippen molar-refractivity contribution in [3.8, 4) is 0 Å². The van der Waals surface area contributed by atoms with Crippen molar-refractivity contribution in [2.45, 2.75) is 19.0 Å². The third-order valence-electron chi connectivity index (χ3n) is 2.92. The molecule has 1 amide bonds. The average molecular weight is 476 g/mol. The quantitative estimate of drug-likeness (QED) is 0.186. The summed E-state index contributed by atoms with van der Waals surface area (Å²) in [6, 6.07) is 5.75. The fraction of sp³-hybridized carbons (Fsp3) is 0.467. The van der Waals surface area contributed by atoms with Crippen molar-refractivity contribution in [2.24, 2.45) is 4.99 Å². The molecule has 0 saturated heterocycles. The first kappa shape index (κ1) is 23.4. The van der Waals surface area contributed by atoms with E-state index in [1.54, 1.807) is 6.07 Å². The maximum Gasteiger partial charge on any atom is 0.390 e. The number of benzene rings is 1. The largest absolute Gasteiger partial charge is 0.390 e. The summed E-state index contributed by atoms with van der Waals surface area (Å²) < 4.78 is 49.1. The van der Waals surface area contributed by atoms with E-state index in [0.717, 1.165) is 0 Å². The Morgan fingerprint density at radius 1 is 1.12 bits per heavy atom. The average Bonchev–Trinajstić information content (AvgIpc) is 2.48. The summed E-state index contributed by atoms with van der Waals surface area (Å²) in [6.07, 6.45) is -5.13. The summed E-state index contributed by atoms with van der Waals surface area (Å²) in [4.78, 5) is 15.5. The van der Waals surface area contributed by atoms with Crippen molar-refractivity contribution in [2.75, 3.05) is 26.7 Å². The molecule has 25 heavy (non-hydrogen) atoms. The van der Waals surface area contributed by atoms with Crippen molar-refractivity contribution in [3.63, 3.8) is 0 Å². The van der Waals surface area contributed by atoms with Crippen molar-refractivity contribution in [1.82, 2.24) is 16.0 Å². The molecule has 0 aliphatic rings. The van der Waals surface area contributed by atoms with Crippen LogP contribution in [0.15, 0.2) is 29.3 Å². The number of nitrogens with zero attached hydrogens (tertiary/aromatic N) is 1. The number of alkyl halides is 3. The number of carbonyl (C=O) groups is 1. The third kappa shape index (κ3) is 11.6. The minimum Gasteiger partial charge on any atom is -0.356 e. The van der Waals surface area contributed by atoms with Crippen LogP contribution in [-0.4, -0.2) is 44.7 Å². The normalized spacial score (nSPS) is 11.5. The molecule has 0 radical (unpaired) electrons. The van der Waals surface area contributed by atoms with Gasteiger partial charge in [-0.25, -0.2) is 4.39 Å². The Labute approximate surface area is 160 Å². The van der Waals surface area contributed by atoms with Gasteiger partial charge >= 0.3 is 6.18 Å². The summed E-state index contributed by atoms with van der Waals surface area (Å²) >= 11 is 0. The highest BCUT2D eigenvalue weighted by molar-refractivity contribution is 14.0. The van der Waals surface area contributed by atoms with E-state index in [-0.39, 0.29) is 55.4 Å². The lowest BCUT2D eigenvalue weighted by Crippen LogP contribution is -2.42. The monoisotopic (exact) mass is 476 g/mol. The Balaban J connectivity index is 0.00000576. The molecule has 0 aliphatic heterocycles. The molecular weight excluding hydrogens is 455 g/mol. The Morgan fingerprint density at radius 3 is 2.36 bits per heavy atom. The van der Waals surface area contributed by atoms with E-state index in [2.05, 4.69) is 20.9 Å². The molecule has 10 heteroatoms. The van der Waals surface area contributed by atoms with E-state index in [9.17, 15) is 22.4 Å². The van der Waals surface area contributed by atoms with Gasteiger partial charge in [-0.15, -0.1) is 24.0 Å². The van der Waals surface area contributed by atoms with Crippen molar-refractivity contribution < 1.29 is 22.4 Å². The van der Waals surface area contributed by atoms with Crippen LogP contribution in [0.4, 0.5) is 17.6 Å². The van der Waals surface area contributed by atoms with Crippen molar-refractivity contribution in [1.29, 1.82) is 0 Å². The zero-order valence-corrected chi connectivity index (χ0v) is 16.0. The zero-order valence-electron chi connectivity index (χ0n) is 13.6. The van der Waals surface area contributed by atoms with Crippen LogP contribution in [-0.2, 0) is 11.2 Å². The first-order valence-corrected chi connectivity index (χ1v) is 7.32. The predicted molar refractivity (Wildman–Crippen MR) is 98.6 cm³/mol. The van der Waals surface area contributed by atoms with Gasteiger partial charge < -0.3 is 16.0 Å². The number of halogens is 5. The van der Waals surface area contributed by atoms with Crippen LogP contribution in [0.5, 0.6) is 0 Å². The van der Waals surface area contributed by atoms with E-state index >= 15 is 0 Å². The SMILES string of the molecule is CN=C(NCCNC(=O)Cc1cccc(F)c1)NCCC(F)(F)F.I. The van der Waals surface area contributed by atoms with Crippen LogP contribution in [0.3, 0.4) is 0 Å². The van der Waals surface area contributed by atoms with Gasteiger partial charge in [-0.1, -0.05) is 12.1 Å². The molecule has 0 saturated carbocycles. The maximum atomic E-state index is 13.0. The van der Waals surface area contributed by atoms with Crippen LogP contribution >= 0.6 is 24.0 Å². The van der Waals surface area contributed by atoms with Gasteiger partial charge in [0.05, 0.1) is 12.8 Å². The Kier molecular flexibility index (Phi) is 11.1. The number of carbonyl (C=O) groups excluding carboxylic acids is 1. The molecule has 0 atom stereocenters. The van der Waals surface area contributed by atoms with Crippen molar-refractivity contribution in [3.05, 3.63) is 35.6 Å². The second-order valence-electron chi connectivity index (χ2n) is 4.95. The van der Waals surface area contributed by atoms with Crippen LogP contribution < -0.4 is 16.0 Å². The van der Waals surface area contributed by atoms with Gasteiger partial charge in [0.1, 0.15) is 5.82 Å². The van der Waals surface area contributed by atoms with Gasteiger partial charge in [0.15, 0.2) is 5.96 Å². The molecule has 0 unspecified atom stereocenters. The summed E-state index contributed by atoms with van der Waals surface area (Å²) in [5.74, 6) is -0.461. The van der Waals surface area contributed by atoms with Crippen molar-refractivity contribution >= 4 is 35.8 Å². The van der Waals surface area contributed by atoms with E-state index < -0.39 is 18.4 Å². The maximum absolute atomic E-state index is 13.0. The first-order chi connectivity index (χ1) is 11.3. The molecule has 0 fully saturated rings. The van der Waals surface area contributed by atoms with Gasteiger partial charge in [-0.3, -0.25) is 9.79 Å². The molecule has 1 aromatic rings. The van der Waals surface area contributed by atoms with Crippen LogP contribution in [0.2, 0.25) is 0 Å². The minimum atomic E-state index is -4.23. The van der Waals surface area contributed by atoms with Gasteiger partial charge in [-0.2, -0.15) is 13.2 Å². The molecule has 5 nitrogen and oxygen atoms in total. The molecule has 1 rings (SSSR count). The van der Waals surface area contributed by atoms with E-state index in [1.807, 2.05) is 0 Å². The smallest absolute Gasteiger partial charge is 0.356 e. The standard InChI is InChI=1S/C15H20F4N4O.HI/c1-20-14(22-6-5-15(17,18)19)23-8-7-21-13(24)10-11-3-2-4-12(16)9-11;/h2-4,9H,5-8,10H2,1H3,(H,21,24)(H2,20,22,23);1H. The van der Waals surface area contributed by atoms with E-state index in [4.69, 9.17) is 0 Å². The number of amides is 1. The molecule has 3 N–H and O–H groups in total. The van der Waals surface area contributed by atoms with Crippen LogP contribution in [0, 0.1) is 5.82 Å². The topological polar surface area (TPSA) is 65.5 Å². The summed E-state index contributed by atoms with van der Waals surface area (Å²) in [6.45, 7) is 0.268. The Bertz CT molecular complexity index is 567. The molecule has 142 valence electrons. The Hall–Kier alpha value is -1.59. The molecule has 0 aromatic heterocycles. The highest BCUT2D eigenvalue weighted by atomic mass is 127. The number of rotatable bonds is 7. The Morgan fingerprint density at radius 2 is 1.76 bits per heavy atom. The fourth-order valence-corrected chi connectivity index (χ4v) is 1.82. The van der Waals surface area contributed by atoms with Gasteiger partial charge in [0.25, 0.3) is 0 Å². The molecule has 0 aliphatic carbocycles. The van der Waals surface area contributed by atoms with E-state index in [1.165, 1.54) is 25.2 Å². The number of nitrogens with one attached hydrogen (secondary N) is 3. The lowest BCUT2D eigenvalue weighted by atomic mass is 10.1. The third-order valence-corrected chi connectivity index (χ3v) is 2.92. The first-order valence-electron chi connectivity index (χ1n) is 7.32. The number of hydrogen-bond acceptors (Lipinski definition) is 2. The molecule has 0 spiro atoms. The summed E-state index contributed by atoms with van der Waals surface area (Å²) in [5.41, 5.74) is 0.560. The number of hydrogen-bond donors (Lipinski definition) is 3. The molecule has 0 bridgehead atoms. The number of aliphatic imine (C=N–C) groups is 1. The lowest BCUT2D eigenvalue weighted by molar-refractivity contribution is -0.132. The molecular formula is C15H21F4IN4O. The van der Waals surface area contributed by atoms with Gasteiger partial charge in [-0.05, 0) is 17.7 Å². The number of guanidine groups is 1. The zero-order chi connectivity index (χ0) is 18.0. The van der Waals surface area contributed by atoms with E-state index in [0.29, 0.717) is 12.1 Å². The lowest BCUT2D eigenvalue weighted by Gasteiger charge is -2.13. The second-order valence-corrected chi connectivity index (χ2v) is 4.95. The van der Waals surface area contributed by atoms with Gasteiger partial charge in [0, 0.05) is 26.7 Å². The van der Waals surface area contributed by atoms with Gasteiger partial charge in [0.2, 0.25) is 5.91 Å². The van der Waals surface area contributed by atoms with Crippen LogP contribution in [0.25, 0.3) is 0 Å². The summed E-state index contributed by atoms with van der Waals surface area (Å²) in [5, 5.41) is 7.93. The van der Waals surface area contributed by atoms with Crippen LogP contribution in [0.1, 0.15) is 12.0 Å². The summed E-state index contributed by atoms with van der Waals surface area (Å²) in [7, 11) is 1.44. The fourth-order valence-electron chi connectivity index (χ4n) is 1.82. The minimum absolute atomic E-state index is 0. The second kappa shape index (κ2) is 11.9. The highest BCUT2D eigenvalue weighted by Gasteiger charge is 2.26.